The summed E-state index contributed by atoms with van der Waals surface area (Å²) < 4.78 is 0. The quantitative estimate of drug-likeness (QED) is 0.747. The fourth-order valence-electron chi connectivity index (χ4n) is 1.07. The number of aliphatic hydroxyl groups is 1. The maximum atomic E-state index is 8.93. The van der Waals surface area contributed by atoms with Gasteiger partial charge in [-0.25, -0.2) is 0 Å². The van der Waals surface area contributed by atoms with Gasteiger partial charge in [0.1, 0.15) is 0 Å². The van der Waals surface area contributed by atoms with Crippen molar-refractivity contribution in [1.82, 2.24) is 9.88 Å². The van der Waals surface area contributed by atoms with Gasteiger partial charge in [-0.05, 0) is 31.7 Å². The summed E-state index contributed by atoms with van der Waals surface area (Å²) in [5.74, 6) is 0. The van der Waals surface area contributed by atoms with E-state index in [9.17, 15) is 0 Å². The molecular formula is C10H16N2O. The molecule has 0 fully saturated rings. The highest BCUT2D eigenvalue weighted by Crippen LogP contribution is 2.03. The fourth-order valence-corrected chi connectivity index (χ4v) is 1.07. The summed E-state index contributed by atoms with van der Waals surface area (Å²) in [6, 6.07) is 4.18. The van der Waals surface area contributed by atoms with Gasteiger partial charge in [0.15, 0.2) is 0 Å². The highest BCUT2D eigenvalue weighted by atomic mass is 16.3. The Labute approximate surface area is 79.0 Å². The Morgan fingerprint density at radius 3 is 2.62 bits per heavy atom. The van der Waals surface area contributed by atoms with Crippen LogP contribution in [0.4, 0.5) is 0 Å². The zero-order valence-electron chi connectivity index (χ0n) is 8.14. The largest absolute Gasteiger partial charge is 0.395 e. The van der Waals surface area contributed by atoms with Gasteiger partial charge in [0.2, 0.25) is 0 Å². The molecular weight excluding hydrogens is 164 g/mol. The Bertz CT molecular complexity index is 238. The Hall–Kier alpha value is -0.930. The van der Waals surface area contributed by atoms with Crippen molar-refractivity contribution < 1.29 is 5.11 Å². The van der Waals surface area contributed by atoms with E-state index in [1.165, 1.54) is 5.56 Å². The van der Waals surface area contributed by atoms with Gasteiger partial charge in [0.05, 0.1) is 6.61 Å². The molecule has 1 rings (SSSR count). The third kappa shape index (κ3) is 3.13. The van der Waals surface area contributed by atoms with Crippen molar-refractivity contribution in [2.24, 2.45) is 0 Å². The van der Waals surface area contributed by atoms with Gasteiger partial charge in [-0.3, -0.25) is 9.88 Å². The number of aliphatic hydroxyl groups excluding tert-OH is 1. The number of aromatic nitrogens is 1. The van der Waals surface area contributed by atoms with E-state index >= 15 is 0 Å². The van der Waals surface area contributed by atoms with Crippen LogP contribution in [0.5, 0.6) is 0 Å². The number of rotatable bonds is 4. The third-order valence-corrected chi connectivity index (χ3v) is 2.20. The normalized spacial score (nSPS) is 13.2. The molecule has 0 aromatic carbocycles. The average Bonchev–Trinajstić information content (AvgIpc) is 2.18. The predicted octanol–water partition coefficient (Wildman–Crippen LogP) is 0.894. The Balaban J connectivity index is 2.50. The summed E-state index contributed by atoms with van der Waals surface area (Å²) in [6.07, 6.45) is 3.57. The summed E-state index contributed by atoms with van der Waals surface area (Å²) in [7, 11) is 2.00. The molecule has 1 aromatic heterocycles. The Morgan fingerprint density at radius 2 is 2.08 bits per heavy atom. The molecule has 1 N–H and O–H groups in total. The molecule has 13 heavy (non-hydrogen) atoms. The van der Waals surface area contributed by atoms with E-state index in [0.29, 0.717) is 0 Å². The van der Waals surface area contributed by atoms with Crippen LogP contribution < -0.4 is 0 Å². The molecule has 0 saturated carbocycles. The van der Waals surface area contributed by atoms with Gasteiger partial charge in [0.25, 0.3) is 0 Å². The summed E-state index contributed by atoms with van der Waals surface area (Å²) >= 11 is 0. The second-order valence-electron chi connectivity index (χ2n) is 3.30. The molecule has 1 unspecified atom stereocenters. The van der Waals surface area contributed by atoms with E-state index in [4.69, 9.17) is 5.11 Å². The molecule has 1 atom stereocenters. The van der Waals surface area contributed by atoms with Crippen molar-refractivity contribution in [3.8, 4) is 0 Å². The van der Waals surface area contributed by atoms with Crippen LogP contribution in [0.15, 0.2) is 24.5 Å². The minimum absolute atomic E-state index is 0.196. The van der Waals surface area contributed by atoms with Crippen molar-refractivity contribution in [2.75, 3.05) is 13.7 Å². The Morgan fingerprint density at radius 1 is 1.46 bits per heavy atom. The molecule has 1 heterocycles. The van der Waals surface area contributed by atoms with Crippen molar-refractivity contribution in [3.05, 3.63) is 30.1 Å². The molecule has 3 heteroatoms. The van der Waals surface area contributed by atoms with Gasteiger partial charge in [0, 0.05) is 25.0 Å². The lowest BCUT2D eigenvalue weighted by molar-refractivity contribution is 0.154. The summed E-state index contributed by atoms with van der Waals surface area (Å²) in [5.41, 5.74) is 1.22. The van der Waals surface area contributed by atoms with Gasteiger partial charge in [-0.15, -0.1) is 0 Å². The number of hydrogen-bond acceptors (Lipinski definition) is 3. The summed E-state index contributed by atoms with van der Waals surface area (Å²) in [6.45, 7) is 3.05. The molecule has 0 amide bonds. The Kier molecular flexibility index (Phi) is 3.86. The van der Waals surface area contributed by atoms with Crippen molar-refractivity contribution in [2.45, 2.75) is 19.5 Å². The van der Waals surface area contributed by atoms with Crippen molar-refractivity contribution >= 4 is 0 Å². The van der Waals surface area contributed by atoms with E-state index in [1.54, 1.807) is 12.4 Å². The minimum atomic E-state index is 0.196. The first-order valence-electron chi connectivity index (χ1n) is 4.44. The van der Waals surface area contributed by atoms with E-state index in [0.717, 1.165) is 6.54 Å². The van der Waals surface area contributed by atoms with Crippen LogP contribution in [0.3, 0.4) is 0 Å². The highest BCUT2D eigenvalue weighted by Gasteiger charge is 2.07. The lowest BCUT2D eigenvalue weighted by Crippen LogP contribution is -2.31. The van der Waals surface area contributed by atoms with Crippen LogP contribution in [0.1, 0.15) is 12.5 Å². The van der Waals surface area contributed by atoms with Crippen LogP contribution in [-0.4, -0.2) is 34.7 Å². The third-order valence-electron chi connectivity index (χ3n) is 2.20. The maximum Gasteiger partial charge on any atom is 0.0584 e. The molecule has 0 aliphatic heterocycles. The summed E-state index contributed by atoms with van der Waals surface area (Å²) in [4.78, 5) is 6.06. The molecule has 0 bridgehead atoms. The second-order valence-corrected chi connectivity index (χ2v) is 3.30. The smallest absolute Gasteiger partial charge is 0.0584 e. The van der Waals surface area contributed by atoms with Crippen LogP contribution >= 0.6 is 0 Å². The van der Waals surface area contributed by atoms with Crippen LogP contribution in [0, 0.1) is 0 Å². The molecule has 0 aliphatic carbocycles. The number of pyridine rings is 1. The van der Waals surface area contributed by atoms with E-state index in [1.807, 2.05) is 26.1 Å². The molecule has 72 valence electrons. The highest BCUT2D eigenvalue weighted by molar-refractivity contribution is 5.09. The first kappa shape index (κ1) is 10.2. The van der Waals surface area contributed by atoms with Gasteiger partial charge in [-0.1, -0.05) is 0 Å². The van der Waals surface area contributed by atoms with Crippen LogP contribution in [-0.2, 0) is 6.54 Å². The monoisotopic (exact) mass is 180 g/mol. The first-order valence-corrected chi connectivity index (χ1v) is 4.44. The van der Waals surface area contributed by atoms with E-state index in [2.05, 4.69) is 9.88 Å². The zero-order chi connectivity index (χ0) is 9.68. The number of nitrogens with zero attached hydrogens (tertiary/aromatic N) is 2. The van der Waals surface area contributed by atoms with Crippen LogP contribution in [0.2, 0.25) is 0 Å². The van der Waals surface area contributed by atoms with Gasteiger partial charge in [-0.2, -0.15) is 0 Å². The van der Waals surface area contributed by atoms with Crippen molar-refractivity contribution in [1.29, 1.82) is 0 Å². The van der Waals surface area contributed by atoms with E-state index < -0.39 is 0 Å². The molecule has 0 radical (unpaired) electrons. The molecule has 0 saturated heterocycles. The molecule has 1 aromatic rings. The molecule has 0 aliphatic rings. The zero-order valence-corrected chi connectivity index (χ0v) is 8.14. The topological polar surface area (TPSA) is 36.4 Å². The first-order chi connectivity index (χ1) is 6.24. The minimum Gasteiger partial charge on any atom is -0.395 e. The number of hydrogen-bond donors (Lipinski definition) is 1. The second kappa shape index (κ2) is 4.94. The van der Waals surface area contributed by atoms with Crippen molar-refractivity contribution in [3.63, 3.8) is 0 Å². The number of likely N-dealkylation sites (N-methyl/N-ethyl adjacent to an activating group) is 1. The molecule has 0 spiro atoms. The van der Waals surface area contributed by atoms with Gasteiger partial charge < -0.3 is 5.11 Å². The maximum absolute atomic E-state index is 8.93. The predicted molar refractivity (Wildman–Crippen MR) is 52.3 cm³/mol. The van der Waals surface area contributed by atoms with E-state index in [-0.39, 0.29) is 12.6 Å². The molecule has 3 nitrogen and oxygen atoms in total. The lowest BCUT2D eigenvalue weighted by atomic mass is 10.2. The summed E-state index contributed by atoms with van der Waals surface area (Å²) in [5, 5.41) is 8.93. The lowest BCUT2D eigenvalue weighted by Gasteiger charge is -2.22. The SMILES string of the molecule is CC(CO)N(C)Cc1ccncc1. The average molecular weight is 180 g/mol. The fraction of sp³-hybridized carbons (Fsp3) is 0.500. The van der Waals surface area contributed by atoms with Gasteiger partial charge >= 0.3 is 0 Å². The van der Waals surface area contributed by atoms with Crippen LogP contribution in [0.25, 0.3) is 0 Å². The standard InChI is InChI=1S/C10H16N2O/c1-9(8-13)12(2)7-10-3-5-11-6-4-10/h3-6,9,13H,7-8H2,1-2H3.